The number of hydrogen-bond donors (Lipinski definition) is 2. The molecule has 0 aromatic heterocycles. The number of ether oxygens (including phenoxy) is 3. The predicted octanol–water partition coefficient (Wildman–Crippen LogP) is 4.07. The summed E-state index contributed by atoms with van der Waals surface area (Å²) in [4.78, 5) is 25.1. The van der Waals surface area contributed by atoms with Crippen molar-refractivity contribution in [2.45, 2.75) is 52.1 Å². The Bertz CT molecular complexity index is 1090. The maximum Gasteiger partial charge on any atom is 0.217 e. The van der Waals surface area contributed by atoms with E-state index < -0.39 is 0 Å². The van der Waals surface area contributed by atoms with Crippen LogP contribution in [0.4, 0.5) is 5.69 Å². The summed E-state index contributed by atoms with van der Waals surface area (Å²) in [5.74, 6) is 1.44. The van der Waals surface area contributed by atoms with E-state index in [1.165, 1.54) is 6.92 Å². The molecule has 0 radical (unpaired) electrons. The van der Waals surface area contributed by atoms with Gasteiger partial charge in [-0.2, -0.15) is 0 Å². The number of benzene rings is 1. The van der Waals surface area contributed by atoms with Gasteiger partial charge in [0.2, 0.25) is 17.1 Å². The minimum Gasteiger partial charge on any atom is -0.493 e. The second-order valence-corrected chi connectivity index (χ2v) is 8.97. The van der Waals surface area contributed by atoms with E-state index in [-0.39, 0.29) is 22.9 Å². The SMILES string of the molecule is COc1cc2c(c(OC)c1OC)-c1ccc(NC(C)(C)C)c(=O)cc1C(NC(C)=O)CC2. The lowest BCUT2D eigenvalue weighted by Gasteiger charge is -2.21. The number of anilines is 1. The van der Waals surface area contributed by atoms with Gasteiger partial charge in [-0.15, -0.1) is 0 Å². The Labute approximate surface area is 189 Å². The first-order valence-corrected chi connectivity index (χ1v) is 10.6. The average molecular weight is 441 g/mol. The number of hydrogen-bond acceptors (Lipinski definition) is 6. The van der Waals surface area contributed by atoms with Crippen LogP contribution in [-0.4, -0.2) is 32.8 Å². The zero-order valence-electron chi connectivity index (χ0n) is 19.8. The molecule has 0 saturated heterocycles. The van der Waals surface area contributed by atoms with Gasteiger partial charge in [-0.25, -0.2) is 0 Å². The summed E-state index contributed by atoms with van der Waals surface area (Å²) in [5.41, 5.74) is 3.47. The fourth-order valence-corrected chi connectivity index (χ4v) is 4.21. The molecule has 7 heteroatoms. The van der Waals surface area contributed by atoms with Crippen molar-refractivity contribution in [1.82, 2.24) is 5.32 Å². The van der Waals surface area contributed by atoms with Crippen LogP contribution in [0.2, 0.25) is 0 Å². The molecule has 2 N–H and O–H groups in total. The molecular formula is C25H32N2O5. The number of fused-ring (bicyclic) bond motifs is 3. The summed E-state index contributed by atoms with van der Waals surface area (Å²) in [6.07, 6.45) is 1.29. The highest BCUT2D eigenvalue weighted by molar-refractivity contribution is 5.83. The number of nitrogens with one attached hydrogen (secondary N) is 2. The summed E-state index contributed by atoms with van der Waals surface area (Å²) < 4.78 is 16.9. The number of carbonyl (C=O) groups excluding carboxylic acids is 1. The van der Waals surface area contributed by atoms with Crippen molar-refractivity contribution < 1.29 is 19.0 Å². The van der Waals surface area contributed by atoms with Gasteiger partial charge in [0.05, 0.1) is 33.1 Å². The molecule has 0 fully saturated rings. The molecule has 1 unspecified atom stereocenters. The van der Waals surface area contributed by atoms with Gasteiger partial charge in [-0.05, 0) is 68.5 Å². The van der Waals surface area contributed by atoms with Crippen LogP contribution >= 0.6 is 0 Å². The first-order chi connectivity index (χ1) is 15.1. The molecule has 1 aliphatic carbocycles. The zero-order chi connectivity index (χ0) is 23.6. The van der Waals surface area contributed by atoms with Crippen molar-refractivity contribution >= 4 is 11.6 Å². The molecule has 0 spiro atoms. The summed E-state index contributed by atoms with van der Waals surface area (Å²) in [6.45, 7) is 7.48. The lowest BCUT2D eigenvalue weighted by atomic mass is 9.95. The van der Waals surface area contributed by atoms with Gasteiger partial charge in [0.1, 0.15) is 0 Å². The number of rotatable bonds is 5. The highest BCUT2D eigenvalue weighted by Gasteiger charge is 2.29. The third-order valence-electron chi connectivity index (χ3n) is 5.43. The Kier molecular flexibility index (Phi) is 6.67. The number of carbonyl (C=O) groups is 1. The lowest BCUT2D eigenvalue weighted by Crippen LogP contribution is -2.29. The standard InChI is InChI=1S/C25H32N2O5/c1-14(28)26-18-10-8-15-12-21(30-5)23(31-6)24(32-7)22(15)16-9-11-19(27-25(2,3)4)20(29)13-17(16)18/h9,11-13,18H,8,10H2,1-7H3,(H,26,28)(H,27,29). The molecule has 0 heterocycles. The van der Waals surface area contributed by atoms with Crippen LogP contribution in [0.1, 0.15) is 51.3 Å². The Morgan fingerprint density at radius 3 is 2.28 bits per heavy atom. The van der Waals surface area contributed by atoms with E-state index in [1.807, 2.05) is 32.9 Å². The van der Waals surface area contributed by atoms with Crippen LogP contribution in [0.15, 0.2) is 29.1 Å². The smallest absolute Gasteiger partial charge is 0.217 e. The van der Waals surface area contributed by atoms with E-state index in [0.717, 1.165) is 22.3 Å². The van der Waals surface area contributed by atoms with E-state index in [1.54, 1.807) is 33.5 Å². The molecule has 172 valence electrons. The van der Waals surface area contributed by atoms with Gasteiger partial charge in [0.25, 0.3) is 0 Å². The quantitative estimate of drug-likeness (QED) is 0.729. The van der Waals surface area contributed by atoms with E-state index in [4.69, 9.17) is 14.2 Å². The molecule has 2 aromatic rings. The van der Waals surface area contributed by atoms with Gasteiger partial charge in [-0.1, -0.05) is 6.07 Å². The van der Waals surface area contributed by atoms with Gasteiger partial charge < -0.3 is 24.8 Å². The molecule has 0 bridgehead atoms. The maximum atomic E-state index is 13.2. The molecule has 1 atom stereocenters. The third-order valence-corrected chi connectivity index (χ3v) is 5.43. The van der Waals surface area contributed by atoms with Crippen LogP contribution in [0.5, 0.6) is 17.2 Å². The van der Waals surface area contributed by atoms with E-state index in [0.29, 0.717) is 35.8 Å². The highest BCUT2D eigenvalue weighted by atomic mass is 16.5. The minimum absolute atomic E-state index is 0.139. The molecular weight excluding hydrogens is 408 g/mol. The van der Waals surface area contributed by atoms with Crippen molar-refractivity contribution in [3.05, 3.63) is 45.6 Å². The Morgan fingerprint density at radius 1 is 1.03 bits per heavy atom. The van der Waals surface area contributed by atoms with Crippen molar-refractivity contribution in [2.24, 2.45) is 0 Å². The Morgan fingerprint density at radius 2 is 1.72 bits per heavy atom. The molecule has 7 nitrogen and oxygen atoms in total. The molecule has 1 amide bonds. The minimum atomic E-state index is -0.320. The van der Waals surface area contributed by atoms with Crippen molar-refractivity contribution in [2.75, 3.05) is 26.6 Å². The summed E-state index contributed by atoms with van der Waals surface area (Å²) >= 11 is 0. The molecule has 0 saturated carbocycles. The molecule has 0 aliphatic heterocycles. The van der Waals surface area contributed by atoms with Crippen molar-refractivity contribution in [3.63, 3.8) is 0 Å². The normalized spacial score (nSPS) is 15.0. The van der Waals surface area contributed by atoms with Gasteiger partial charge in [0.15, 0.2) is 11.5 Å². The largest absolute Gasteiger partial charge is 0.493 e. The number of aryl methyl sites for hydroxylation is 1. The monoisotopic (exact) mass is 440 g/mol. The van der Waals surface area contributed by atoms with Gasteiger partial charge in [0, 0.05) is 18.0 Å². The molecule has 1 aliphatic rings. The summed E-state index contributed by atoms with van der Waals surface area (Å²) in [6, 6.07) is 6.95. The van der Waals surface area contributed by atoms with Crippen LogP contribution in [0.3, 0.4) is 0 Å². The molecule has 2 aromatic carbocycles. The first-order valence-electron chi connectivity index (χ1n) is 10.6. The van der Waals surface area contributed by atoms with Crippen LogP contribution in [0.25, 0.3) is 11.1 Å². The lowest BCUT2D eigenvalue weighted by molar-refractivity contribution is -0.119. The Balaban J connectivity index is 2.38. The first kappa shape index (κ1) is 23.4. The third kappa shape index (κ3) is 4.66. The van der Waals surface area contributed by atoms with E-state index in [9.17, 15) is 9.59 Å². The van der Waals surface area contributed by atoms with Gasteiger partial charge >= 0.3 is 0 Å². The average Bonchev–Trinajstić information content (AvgIpc) is 2.95. The van der Waals surface area contributed by atoms with Crippen LogP contribution in [-0.2, 0) is 11.2 Å². The maximum absolute atomic E-state index is 13.2. The fourth-order valence-electron chi connectivity index (χ4n) is 4.21. The Hall–Kier alpha value is -3.22. The molecule has 3 rings (SSSR count). The van der Waals surface area contributed by atoms with Crippen molar-refractivity contribution in [3.8, 4) is 28.4 Å². The topological polar surface area (TPSA) is 85.9 Å². The predicted molar refractivity (Wildman–Crippen MR) is 126 cm³/mol. The van der Waals surface area contributed by atoms with Crippen molar-refractivity contribution in [1.29, 1.82) is 0 Å². The fraction of sp³-hybridized carbons (Fsp3) is 0.440. The summed E-state index contributed by atoms with van der Waals surface area (Å²) in [7, 11) is 4.74. The van der Waals surface area contributed by atoms with E-state index in [2.05, 4.69) is 10.6 Å². The van der Waals surface area contributed by atoms with Crippen LogP contribution in [0, 0.1) is 0 Å². The van der Waals surface area contributed by atoms with Gasteiger partial charge in [-0.3, -0.25) is 9.59 Å². The second-order valence-electron chi connectivity index (χ2n) is 8.97. The molecule has 32 heavy (non-hydrogen) atoms. The second kappa shape index (κ2) is 9.10. The summed E-state index contributed by atoms with van der Waals surface area (Å²) in [5, 5.41) is 6.30. The highest BCUT2D eigenvalue weighted by Crippen LogP contribution is 2.50. The van der Waals surface area contributed by atoms with Crippen LogP contribution < -0.4 is 30.3 Å². The number of amides is 1. The number of methoxy groups -OCH3 is 3. The zero-order valence-corrected chi connectivity index (χ0v) is 19.8. The van der Waals surface area contributed by atoms with E-state index >= 15 is 0 Å².